The number of halogens is 1. The highest BCUT2D eigenvalue weighted by Crippen LogP contribution is 2.28. The standard InChI is InChI=1S/C15H31N3O.HI/c1-4-13(5-2)11-18-15(16-6-3)17-9-10-19-12-14-7-8-14;/h13-14H,4-12H2,1-3H3,(H2,16,17,18);1H. The maximum absolute atomic E-state index is 5.61. The molecule has 1 aliphatic rings. The molecule has 0 aliphatic heterocycles. The van der Waals surface area contributed by atoms with Crippen molar-refractivity contribution in [1.29, 1.82) is 0 Å². The van der Waals surface area contributed by atoms with Crippen molar-refractivity contribution < 1.29 is 4.74 Å². The Bertz CT molecular complexity index is 254. The van der Waals surface area contributed by atoms with Crippen molar-refractivity contribution in [2.45, 2.75) is 46.5 Å². The number of nitrogens with one attached hydrogen (secondary N) is 2. The van der Waals surface area contributed by atoms with Crippen LogP contribution in [-0.4, -0.2) is 38.8 Å². The maximum Gasteiger partial charge on any atom is 0.191 e. The van der Waals surface area contributed by atoms with Crippen LogP contribution in [0.2, 0.25) is 0 Å². The number of hydrogen-bond acceptors (Lipinski definition) is 2. The third-order valence-electron chi connectivity index (χ3n) is 3.60. The minimum absolute atomic E-state index is 0. The number of ether oxygens (including phenoxy) is 1. The van der Waals surface area contributed by atoms with Crippen molar-refractivity contribution in [3.05, 3.63) is 0 Å². The van der Waals surface area contributed by atoms with E-state index in [0.717, 1.165) is 44.7 Å². The van der Waals surface area contributed by atoms with Crippen LogP contribution in [0.25, 0.3) is 0 Å². The molecule has 1 aliphatic carbocycles. The van der Waals surface area contributed by atoms with Gasteiger partial charge in [-0.1, -0.05) is 26.7 Å². The molecule has 120 valence electrons. The van der Waals surface area contributed by atoms with E-state index in [-0.39, 0.29) is 24.0 Å². The largest absolute Gasteiger partial charge is 0.379 e. The Balaban J connectivity index is 0.00000361. The first-order valence-electron chi connectivity index (χ1n) is 7.90. The molecule has 0 radical (unpaired) electrons. The minimum atomic E-state index is 0. The zero-order valence-electron chi connectivity index (χ0n) is 13.3. The van der Waals surface area contributed by atoms with Gasteiger partial charge in [-0.05, 0) is 31.6 Å². The van der Waals surface area contributed by atoms with Crippen molar-refractivity contribution in [3.8, 4) is 0 Å². The fraction of sp³-hybridized carbons (Fsp3) is 0.933. The van der Waals surface area contributed by atoms with Crippen LogP contribution in [0.3, 0.4) is 0 Å². The molecule has 0 unspecified atom stereocenters. The molecule has 1 rings (SSSR count). The van der Waals surface area contributed by atoms with Gasteiger partial charge in [0.15, 0.2) is 5.96 Å². The Morgan fingerprint density at radius 2 is 1.90 bits per heavy atom. The van der Waals surface area contributed by atoms with E-state index in [0.29, 0.717) is 5.92 Å². The summed E-state index contributed by atoms with van der Waals surface area (Å²) in [6.45, 7) is 10.9. The van der Waals surface area contributed by atoms with Crippen LogP contribution in [0.4, 0.5) is 0 Å². The monoisotopic (exact) mass is 397 g/mol. The molecule has 5 heteroatoms. The van der Waals surface area contributed by atoms with Gasteiger partial charge in [-0.3, -0.25) is 4.99 Å². The Morgan fingerprint density at radius 3 is 2.45 bits per heavy atom. The molecule has 0 aromatic heterocycles. The van der Waals surface area contributed by atoms with Gasteiger partial charge in [0.25, 0.3) is 0 Å². The third-order valence-corrected chi connectivity index (χ3v) is 3.60. The van der Waals surface area contributed by atoms with Crippen LogP contribution in [0, 0.1) is 11.8 Å². The van der Waals surface area contributed by atoms with Gasteiger partial charge in [-0.15, -0.1) is 24.0 Å². The highest BCUT2D eigenvalue weighted by atomic mass is 127. The lowest BCUT2D eigenvalue weighted by Crippen LogP contribution is -2.39. The van der Waals surface area contributed by atoms with Gasteiger partial charge in [0, 0.05) is 26.2 Å². The lowest BCUT2D eigenvalue weighted by atomic mass is 10.0. The summed E-state index contributed by atoms with van der Waals surface area (Å²) in [6, 6.07) is 0. The van der Waals surface area contributed by atoms with Crippen LogP contribution < -0.4 is 10.6 Å². The topological polar surface area (TPSA) is 45.7 Å². The van der Waals surface area contributed by atoms with E-state index in [1.165, 1.54) is 25.7 Å². The summed E-state index contributed by atoms with van der Waals surface area (Å²) < 4.78 is 5.61. The average molecular weight is 397 g/mol. The smallest absolute Gasteiger partial charge is 0.191 e. The number of nitrogens with zero attached hydrogens (tertiary/aromatic N) is 1. The molecule has 4 nitrogen and oxygen atoms in total. The van der Waals surface area contributed by atoms with Crippen molar-refractivity contribution >= 4 is 29.9 Å². The van der Waals surface area contributed by atoms with E-state index >= 15 is 0 Å². The molecule has 1 fully saturated rings. The second kappa shape index (κ2) is 12.7. The second-order valence-electron chi connectivity index (χ2n) is 5.35. The molecular weight excluding hydrogens is 365 g/mol. The maximum atomic E-state index is 5.61. The first-order chi connectivity index (χ1) is 9.30. The van der Waals surface area contributed by atoms with Gasteiger partial charge in [-0.25, -0.2) is 0 Å². The highest BCUT2D eigenvalue weighted by Gasteiger charge is 2.20. The van der Waals surface area contributed by atoms with Gasteiger partial charge in [0.1, 0.15) is 0 Å². The minimum Gasteiger partial charge on any atom is -0.379 e. The highest BCUT2D eigenvalue weighted by molar-refractivity contribution is 14.0. The van der Waals surface area contributed by atoms with E-state index in [1.54, 1.807) is 0 Å². The van der Waals surface area contributed by atoms with Gasteiger partial charge in [0.2, 0.25) is 0 Å². The van der Waals surface area contributed by atoms with E-state index < -0.39 is 0 Å². The van der Waals surface area contributed by atoms with Crippen LogP contribution in [0.15, 0.2) is 4.99 Å². The van der Waals surface area contributed by atoms with Gasteiger partial charge < -0.3 is 15.4 Å². The van der Waals surface area contributed by atoms with E-state index in [9.17, 15) is 0 Å². The fourth-order valence-electron chi connectivity index (χ4n) is 1.89. The SMILES string of the molecule is CCNC(=NCC(CC)CC)NCCOCC1CC1.I. The van der Waals surface area contributed by atoms with Gasteiger partial charge >= 0.3 is 0 Å². The molecule has 0 heterocycles. The third kappa shape index (κ3) is 9.80. The lowest BCUT2D eigenvalue weighted by molar-refractivity contribution is 0.129. The molecule has 1 saturated carbocycles. The Labute approximate surface area is 141 Å². The molecule has 2 N–H and O–H groups in total. The number of guanidine groups is 1. The normalized spacial score (nSPS) is 15.1. The summed E-state index contributed by atoms with van der Waals surface area (Å²) in [4.78, 5) is 4.64. The van der Waals surface area contributed by atoms with Crippen molar-refractivity contribution in [2.24, 2.45) is 16.8 Å². The van der Waals surface area contributed by atoms with E-state index in [4.69, 9.17) is 4.74 Å². The molecule has 20 heavy (non-hydrogen) atoms. The van der Waals surface area contributed by atoms with Crippen molar-refractivity contribution in [2.75, 3.05) is 32.8 Å². The van der Waals surface area contributed by atoms with Crippen molar-refractivity contribution in [3.63, 3.8) is 0 Å². The average Bonchev–Trinajstić information content (AvgIpc) is 3.23. The summed E-state index contributed by atoms with van der Waals surface area (Å²) in [7, 11) is 0. The number of rotatable bonds is 10. The van der Waals surface area contributed by atoms with Crippen molar-refractivity contribution in [1.82, 2.24) is 10.6 Å². The fourth-order valence-corrected chi connectivity index (χ4v) is 1.89. The Morgan fingerprint density at radius 1 is 1.20 bits per heavy atom. The Hall–Kier alpha value is -0.0400. The van der Waals surface area contributed by atoms with Gasteiger partial charge in [-0.2, -0.15) is 0 Å². The predicted molar refractivity (Wildman–Crippen MR) is 97.0 cm³/mol. The predicted octanol–water partition coefficient (Wildman–Crippen LogP) is 3.02. The molecule has 0 aromatic carbocycles. The molecule has 0 atom stereocenters. The molecule has 0 amide bonds. The first kappa shape index (κ1) is 20.0. The zero-order chi connectivity index (χ0) is 13.9. The zero-order valence-corrected chi connectivity index (χ0v) is 15.6. The molecule has 0 spiro atoms. The molecular formula is C15H32IN3O. The summed E-state index contributed by atoms with van der Waals surface area (Å²) in [6.07, 6.45) is 5.10. The van der Waals surface area contributed by atoms with Crippen LogP contribution in [0.5, 0.6) is 0 Å². The summed E-state index contributed by atoms with van der Waals surface area (Å²) in [5, 5.41) is 6.61. The number of aliphatic imine (C=N–C) groups is 1. The summed E-state index contributed by atoms with van der Waals surface area (Å²) in [5.74, 6) is 2.46. The van der Waals surface area contributed by atoms with E-state index in [2.05, 4.69) is 36.4 Å². The molecule has 0 aromatic rings. The molecule has 0 saturated heterocycles. The van der Waals surface area contributed by atoms with Gasteiger partial charge in [0.05, 0.1) is 6.61 Å². The van der Waals surface area contributed by atoms with Crippen LogP contribution >= 0.6 is 24.0 Å². The van der Waals surface area contributed by atoms with E-state index in [1.807, 2.05) is 0 Å². The Kier molecular flexibility index (Phi) is 12.7. The first-order valence-corrected chi connectivity index (χ1v) is 7.90. The van der Waals surface area contributed by atoms with Crippen LogP contribution in [-0.2, 0) is 4.74 Å². The summed E-state index contributed by atoms with van der Waals surface area (Å²) in [5.41, 5.74) is 0. The second-order valence-corrected chi connectivity index (χ2v) is 5.35. The quantitative estimate of drug-likeness (QED) is 0.258. The number of hydrogen-bond donors (Lipinski definition) is 2. The summed E-state index contributed by atoms with van der Waals surface area (Å²) >= 11 is 0. The molecule has 0 bridgehead atoms. The lowest BCUT2D eigenvalue weighted by Gasteiger charge is -2.14. The van der Waals surface area contributed by atoms with Crippen LogP contribution in [0.1, 0.15) is 46.5 Å².